The Morgan fingerprint density at radius 3 is 3.00 bits per heavy atom. The Morgan fingerprint density at radius 2 is 2.37 bits per heavy atom. The Bertz CT molecular complexity index is 465. The molecule has 0 aliphatic carbocycles. The van der Waals surface area contributed by atoms with Crippen molar-refractivity contribution in [2.24, 2.45) is 5.73 Å². The normalized spacial score (nSPS) is 16.4. The number of nitrogens with one attached hydrogen (secondary N) is 1. The highest BCUT2D eigenvalue weighted by Gasteiger charge is 2.19. The Labute approximate surface area is 121 Å². The van der Waals surface area contributed by atoms with Crippen molar-refractivity contribution in [1.82, 2.24) is 10.2 Å². The van der Waals surface area contributed by atoms with Crippen LogP contribution in [0.15, 0.2) is 22.7 Å². The van der Waals surface area contributed by atoms with E-state index in [0.29, 0.717) is 19.7 Å². The average Bonchev–Trinajstić information content (AvgIpc) is 2.77. The number of nitrogens with zero attached hydrogens (tertiary/aromatic N) is 1. The Balaban J connectivity index is 1.93. The number of amides is 2. The minimum atomic E-state index is -0.0948. The molecule has 0 aromatic heterocycles. The molecule has 1 aliphatic rings. The molecule has 2 amide bonds. The van der Waals surface area contributed by atoms with Crippen molar-refractivity contribution in [2.75, 3.05) is 26.2 Å². The maximum Gasteiger partial charge on any atom is 0.317 e. The molecule has 19 heavy (non-hydrogen) atoms. The fourth-order valence-electron chi connectivity index (χ4n) is 2.00. The molecule has 0 saturated carbocycles. The van der Waals surface area contributed by atoms with Crippen molar-refractivity contribution < 1.29 is 9.53 Å². The van der Waals surface area contributed by atoms with Crippen molar-refractivity contribution >= 4 is 22.0 Å². The number of nitrogens with two attached hydrogens (primary N) is 1. The van der Waals surface area contributed by atoms with Crippen molar-refractivity contribution in [3.8, 4) is 5.75 Å². The van der Waals surface area contributed by atoms with E-state index in [1.54, 1.807) is 4.90 Å². The number of carbonyl (C=O) groups excluding carboxylic acids is 1. The molecule has 1 aliphatic heterocycles. The second kappa shape index (κ2) is 6.25. The van der Waals surface area contributed by atoms with Gasteiger partial charge in [0.05, 0.1) is 6.54 Å². The monoisotopic (exact) mass is 327 g/mol. The summed E-state index contributed by atoms with van der Waals surface area (Å²) in [6.45, 7) is 4.42. The second-order valence-corrected chi connectivity index (χ2v) is 5.45. The zero-order valence-corrected chi connectivity index (χ0v) is 12.4. The highest BCUT2D eigenvalue weighted by Crippen LogP contribution is 2.27. The molecule has 5 nitrogen and oxygen atoms in total. The zero-order valence-electron chi connectivity index (χ0n) is 10.9. The van der Waals surface area contributed by atoms with Crippen molar-refractivity contribution in [1.29, 1.82) is 0 Å². The van der Waals surface area contributed by atoms with Crippen LogP contribution < -0.4 is 15.8 Å². The molecule has 6 heteroatoms. The Hall–Kier alpha value is -1.27. The maximum atomic E-state index is 11.4. The quantitative estimate of drug-likeness (QED) is 0.867. The third-order valence-corrected chi connectivity index (χ3v) is 3.52. The lowest BCUT2D eigenvalue weighted by molar-refractivity contribution is 0.202. The van der Waals surface area contributed by atoms with Gasteiger partial charge >= 0.3 is 6.03 Å². The van der Waals surface area contributed by atoms with Gasteiger partial charge in [-0.25, -0.2) is 4.79 Å². The van der Waals surface area contributed by atoms with E-state index in [9.17, 15) is 4.79 Å². The fourth-order valence-corrected chi connectivity index (χ4v) is 2.38. The molecule has 1 aromatic rings. The molecule has 1 unspecified atom stereocenters. The molecule has 104 valence electrons. The first-order valence-corrected chi connectivity index (χ1v) is 7.08. The number of halogens is 1. The van der Waals surface area contributed by atoms with Crippen molar-refractivity contribution in [3.63, 3.8) is 0 Å². The van der Waals surface area contributed by atoms with E-state index in [1.165, 1.54) is 0 Å². The summed E-state index contributed by atoms with van der Waals surface area (Å²) in [6, 6.07) is 5.66. The average molecular weight is 328 g/mol. The molecule has 1 aromatic carbocycles. The van der Waals surface area contributed by atoms with Gasteiger partial charge in [0.15, 0.2) is 0 Å². The first-order chi connectivity index (χ1) is 9.08. The van der Waals surface area contributed by atoms with E-state index >= 15 is 0 Å². The third kappa shape index (κ3) is 3.61. The van der Waals surface area contributed by atoms with E-state index in [2.05, 4.69) is 21.2 Å². The fraction of sp³-hybridized carbons (Fsp3) is 0.462. The summed E-state index contributed by atoms with van der Waals surface area (Å²) in [6.07, 6.45) is 0. The minimum absolute atomic E-state index is 0.0215. The van der Waals surface area contributed by atoms with Gasteiger partial charge in [-0.3, -0.25) is 0 Å². The molecular formula is C13H18BrN3O2. The van der Waals surface area contributed by atoms with Gasteiger partial charge in [-0.2, -0.15) is 0 Å². The number of ether oxygens (including phenoxy) is 1. The number of hydrogen-bond acceptors (Lipinski definition) is 3. The zero-order chi connectivity index (χ0) is 13.8. The van der Waals surface area contributed by atoms with Crippen molar-refractivity contribution in [3.05, 3.63) is 28.2 Å². The number of rotatable bonds is 5. The van der Waals surface area contributed by atoms with E-state index in [-0.39, 0.29) is 12.1 Å². The second-order valence-electron chi connectivity index (χ2n) is 4.54. The van der Waals surface area contributed by atoms with Crippen LogP contribution in [0.4, 0.5) is 4.79 Å². The van der Waals surface area contributed by atoms with E-state index < -0.39 is 0 Å². The summed E-state index contributed by atoms with van der Waals surface area (Å²) >= 11 is 3.42. The maximum absolute atomic E-state index is 11.4. The number of hydrogen-bond donors (Lipinski definition) is 2. The van der Waals surface area contributed by atoms with Crippen LogP contribution in [0.5, 0.6) is 5.75 Å². The molecule has 3 N–H and O–H groups in total. The van der Waals surface area contributed by atoms with Crippen LogP contribution in [-0.2, 0) is 0 Å². The van der Waals surface area contributed by atoms with Crippen LogP contribution in [0.3, 0.4) is 0 Å². The van der Waals surface area contributed by atoms with Gasteiger partial charge in [-0.05, 0) is 25.1 Å². The van der Waals surface area contributed by atoms with Gasteiger partial charge in [0.2, 0.25) is 0 Å². The predicted molar refractivity (Wildman–Crippen MR) is 77.2 cm³/mol. The number of carbonyl (C=O) groups is 1. The minimum Gasteiger partial charge on any atom is -0.491 e. The van der Waals surface area contributed by atoms with Gasteiger partial charge in [-0.15, -0.1) is 0 Å². The molecule has 0 radical (unpaired) electrons. The van der Waals surface area contributed by atoms with Gasteiger partial charge in [0.25, 0.3) is 0 Å². The van der Waals surface area contributed by atoms with Crippen LogP contribution in [0, 0.1) is 0 Å². The highest BCUT2D eigenvalue weighted by atomic mass is 79.9. The van der Waals surface area contributed by atoms with Crippen LogP contribution in [-0.4, -0.2) is 37.2 Å². The first kappa shape index (κ1) is 14.1. The van der Waals surface area contributed by atoms with E-state index in [1.807, 2.05) is 25.1 Å². The molecular weight excluding hydrogens is 310 g/mol. The number of urea groups is 1. The summed E-state index contributed by atoms with van der Waals surface area (Å²) in [7, 11) is 0. The smallest absolute Gasteiger partial charge is 0.317 e. The summed E-state index contributed by atoms with van der Waals surface area (Å²) in [5, 5.41) is 2.76. The lowest BCUT2D eigenvalue weighted by atomic mass is 10.1. The third-order valence-electron chi connectivity index (χ3n) is 3.03. The lowest BCUT2D eigenvalue weighted by Crippen LogP contribution is -2.32. The molecule has 1 atom stereocenters. The van der Waals surface area contributed by atoms with E-state index in [4.69, 9.17) is 10.5 Å². The molecule has 0 spiro atoms. The van der Waals surface area contributed by atoms with Crippen LogP contribution >= 0.6 is 15.9 Å². The molecule has 1 heterocycles. The van der Waals surface area contributed by atoms with Gasteiger partial charge in [0.1, 0.15) is 12.4 Å². The summed E-state index contributed by atoms with van der Waals surface area (Å²) in [4.78, 5) is 13.1. The molecule has 1 saturated heterocycles. The van der Waals surface area contributed by atoms with E-state index in [0.717, 1.165) is 22.3 Å². The lowest BCUT2D eigenvalue weighted by Gasteiger charge is -2.17. The largest absolute Gasteiger partial charge is 0.491 e. The highest BCUT2D eigenvalue weighted by molar-refractivity contribution is 9.10. The van der Waals surface area contributed by atoms with Crippen LogP contribution in [0.1, 0.15) is 18.5 Å². The first-order valence-electron chi connectivity index (χ1n) is 6.28. The number of benzene rings is 1. The van der Waals surface area contributed by atoms with Gasteiger partial charge < -0.3 is 20.7 Å². The standard InChI is InChI=1S/C13H18BrN3O2/c1-9(15)11-8-10(14)2-3-12(11)19-7-6-17-5-4-16-13(17)18/h2-3,8-9H,4-7,15H2,1H3,(H,16,18). The molecule has 1 fully saturated rings. The topological polar surface area (TPSA) is 67.6 Å². The van der Waals surface area contributed by atoms with Crippen molar-refractivity contribution in [2.45, 2.75) is 13.0 Å². The summed E-state index contributed by atoms with van der Waals surface area (Å²) < 4.78 is 6.72. The summed E-state index contributed by atoms with van der Waals surface area (Å²) in [5.74, 6) is 0.776. The van der Waals surface area contributed by atoms with Gasteiger partial charge in [-0.1, -0.05) is 15.9 Å². The summed E-state index contributed by atoms with van der Waals surface area (Å²) in [5.41, 5.74) is 6.88. The Morgan fingerprint density at radius 1 is 1.58 bits per heavy atom. The SMILES string of the molecule is CC(N)c1cc(Br)ccc1OCCN1CCNC1=O. The molecule has 2 rings (SSSR count). The predicted octanol–water partition coefficient (Wildman–Crippen LogP) is 1.87. The van der Waals surface area contributed by atoms with Gasteiger partial charge in [0, 0.05) is 29.2 Å². The van der Waals surface area contributed by atoms with Crippen LogP contribution in [0.25, 0.3) is 0 Å². The molecule has 0 bridgehead atoms. The van der Waals surface area contributed by atoms with Crippen LogP contribution in [0.2, 0.25) is 0 Å². The Kier molecular flexibility index (Phi) is 4.66.